The van der Waals surface area contributed by atoms with Crippen LogP contribution < -0.4 is 5.14 Å². The van der Waals surface area contributed by atoms with Gasteiger partial charge in [-0.2, -0.15) is 5.10 Å². The summed E-state index contributed by atoms with van der Waals surface area (Å²) in [6.45, 7) is 8.22. The van der Waals surface area contributed by atoms with E-state index in [-0.39, 0.29) is 34.8 Å². The third kappa shape index (κ3) is 9.10. The minimum atomic E-state index is -3.96. The summed E-state index contributed by atoms with van der Waals surface area (Å²) in [5.41, 5.74) is 0.425. The van der Waals surface area contributed by atoms with Gasteiger partial charge in [0.15, 0.2) is 0 Å². The summed E-state index contributed by atoms with van der Waals surface area (Å²) >= 11 is 6.56. The zero-order valence-corrected chi connectivity index (χ0v) is 27.9. The molecule has 0 fully saturated rings. The zero-order chi connectivity index (χ0) is 34.2. The number of nitrogens with two attached hydrogens (primary N) is 1. The SMILES string of the molecule is Cn1nc(CS(N)(=O)=O)c2c(Cl)ccc(-c3ccc(C#CC(C)(C)O)nc3[C@@H](CC(=O)OC(C)(C)C)Cc3cc(F)cc(F)c3)c21. The molecule has 2 heterocycles. The Hall–Kier alpha value is -3.89. The molecule has 1 atom stereocenters. The first kappa shape index (κ1) is 35.0. The molecule has 4 aromatic rings. The molecule has 0 bridgehead atoms. The number of aryl methyl sites for hydroxylation is 1. The van der Waals surface area contributed by atoms with Gasteiger partial charge in [0.1, 0.15) is 34.3 Å². The topological polar surface area (TPSA) is 137 Å². The number of ether oxygens (including phenoxy) is 1. The van der Waals surface area contributed by atoms with Gasteiger partial charge >= 0.3 is 5.97 Å². The van der Waals surface area contributed by atoms with Gasteiger partial charge in [-0.1, -0.05) is 23.6 Å². The lowest BCUT2D eigenvalue weighted by Crippen LogP contribution is -2.25. The number of esters is 1. The summed E-state index contributed by atoms with van der Waals surface area (Å²) in [6.07, 6.45) is -0.217. The van der Waals surface area contributed by atoms with Crippen molar-refractivity contribution in [3.63, 3.8) is 0 Å². The minimum Gasteiger partial charge on any atom is -0.460 e. The Bertz CT molecular complexity index is 1970. The van der Waals surface area contributed by atoms with Crippen LogP contribution in [-0.2, 0) is 38.8 Å². The number of pyridine rings is 1. The number of hydrogen-bond donors (Lipinski definition) is 2. The third-order valence-electron chi connectivity index (χ3n) is 6.68. The number of rotatable bonds is 8. The largest absolute Gasteiger partial charge is 0.460 e. The van der Waals surface area contributed by atoms with Crippen molar-refractivity contribution in [1.29, 1.82) is 0 Å². The van der Waals surface area contributed by atoms with Gasteiger partial charge < -0.3 is 9.84 Å². The molecular formula is C33H35ClF2N4O5S. The Balaban J connectivity index is 2.01. The van der Waals surface area contributed by atoms with Gasteiger partial charge in [0.25, 0.3) is 0 Å². The van der Waals surface area contributed by atoms with E-state index in [1.165, 1.54) is 30.7 Å². The molecule has 0 spiro atoms. The predicted molar refractivity (Wildman–Crippen MR) is 172 cm³/mol. The Morgan fingerprint density at radius 3 is 2.30 bits per heavy atom. The molecule has 0 amide bonds. The van der Waals surface area contributed by atoms with E-state index < -0.39 is 50.5 Å². The Morgan fingerprint density at radius 1 is 1.09 bits per heavy atom. The molecule has 9 nitrogen and oxygen atoms in total. The number of aliphatic hydroxyl groups is 1. The highest BCUT2D eigenvalue weighted by atomic mass is 35.5. The highest BCUT2D eigenvalue weighted by Crippen LogP contribution is 2.40. The second kappa shape index (κ2) is 13.1. The molecule has 0 aliphatic rings. The van der Waals surface area contributed by atoms with Gasteiger partial charge in [0, 0.05) is 35.5 Å². The number of carbonyl (C=O) groups is 1. The smallest absolute Gasteiger partial charge is 0.306 e. The second-order valence-corrected chi connectivity index (χ2v) is 14.6. The number of aromatic nitrogens is 3. The average Bonchev–Trinajstić information content (AvgIpc) is 3.20. The van der Waals surface area contributed by atoms with Crippen LogP contribution in [0.5, 0.6) is 0 Å². The molecule has 4 rings (SSSR count). The summed E-state index contributed by atoms with van der Waals surface area (Å²) in [6, 6.07) is 9.78. The monoisotopic (exact) mass is 672 g/mol. The van der Waals surface area contributed by atoms with Crippen LogP contribution in [0.15, 0.2) is 42.5 Å². The fourth-order valence-electron chi connectivity index (χ4n) is 5.13. The van der Waals surface area contributed by atoms with Crippen LogP contribution in [0.1, 0.15) is 69.6 Å². The van der Waals surface area contributed by atoms with Crippen molar-refractivity contribution in [2.45, 2.75) is 70.3 Å². The van der Waals surface area contributed by atoms with Crippen molar-refractivity contribution in [2.24, 2.45) is 12.2 Å². The van der Waals surface area contributed by atoms with Crippen LogP contribution in [-0.4, -0.2) is 45.5 Å². The molecule has 0 unspecified atom stereocenters. The van der Waals surface area contributed by atoms with Crippen molar-refractivity contribution in [3.05, 3.63) is 81.8 Å². The van der Waals surface area contributed by atoms with Gasteiger partial charge in [-0.25, -0.2) is 27.3 Å². The number of primary sulfonamides is 1. The van der Waals surface area contributed by atoms with E-state index in [0.29, 0.717) is 27.7 Å². The molecular weight excluding hydrogens is 638 g/mol. The lowest BCUT2D eigenvalue weighted by molar-refractivity contribution is -0.155. The molecule has 0 saturated carbocycles. The molecule has 3 N–H and O–H groups in total. The van der Waals surface area contributed by atoms with E-state index in [1.54, 1.807) is 52.1 Å². The van der Waals surface area contributed by atoms with E-state index in [4.69, 9.17) is 26.5 Å². The fraction of sp³-hybridized carbons (Fsp3) is 0.364. The average molecular weight is 673 g/mol. The maximum atomic E-state index is 14.3. The first-order valence-electron chi connectivity index (χ1n) is 14.3. The summed E-state index contributed by atoms with van der Waals surface area (Å²) in [4.78, 5) is 18.1. The van der Waals surface area contributed by atoms with Gasteiger partial charge in [-0.05, 0) is 82.9 Å². The van der Waals surface area contributed by atoms with Crippen molar-refractivity contribution >= 4 is 38.5 Å². The third-order valence-corrected chi connectivity index (χ3v) is 7.67. The molecule has 0 radical (unpaired) electrons. The van der Waals surface area contributed by atoms with Crippen LogP contribution in [0, 0.1) is 23.5 Å². The maximum absolute atomic E-state index is 14.3. The normalized spacial score (nSPS) is 12.9. The number of halogens is 3. The van der Waals surface area contributed by atoms with Crippen LogP contribution in [0.25, 0.3) is 22.0 Å². The summed E-state index contributed by atoms with van der Waals surface area (Å²) in [7, 11) is -2.34. The fourth-order valence-corrected chi connectivity index (χ4v) is 5.98. The first-order valence-corrected chi connectivity index (χ1v) is 16.4. The zero-order valence-electron chi connectivity index (χ0n) is 26.3. The van der Waals surface area contributed by atoms with E-state index >= 15 is 0 Å². The van der Waals surface area contributed by atoms with Crippen molar-refractivity contribution < 1.29 is 31.8 Å². The van der Waals surface area contributed by atoms with Crippen LogP contribution in [0.4, 0.5) is 8.78 Å². The van der Waals surface area contributed by atoms with Gasteiger partial charge in [0.2, 0.25) is 10.0 Å². The molecule has 13 heteroatoms. The molecule has 0 aliphatic carbocycles. The molecule has 2 aromatic heterocycles. The summed E-state index contributed by atoms with van der Waals surface area (Å²) < 4.78 is 59.7. The maximum Gasteiger partial charge on any atom is 0.306 e. The Kier molecular flexibility index (Phi) is 9.94. The van der Waals surface area contributed by atoms with Crippen LogP contribution in [0.2, 0.25) is 5.02 Å². The van der Waals surface area contributed by atoms with Crippen molar-refractivity contribution in [3.8, 4) is 23.0 Å². The molecule has 46 heavy (non-hydrogen) atoms. The number of hydrogen-bond acceptors (Lipinski definition) is 7. The molecule has 2 aromatic carbocycles. The van der Waals surface area contributed by atoms with Crippen LogP contribution in [0.3, 0.4) is 0 Å². The van der Waals surface area contributed by atoms with E-state index in [2.05, 4.69) is 16.9 Å². The molecule has 244 valence electrons. The van der Waals surface area contributed by atoms with Gasteiger partial charge in [-0.15, -0.1) is 0 Å². The first-order chi connectivity index (χ1) is 21.2. The predicted octanol–water partition coefficient (Wildman–Crippen LogP) is 5.54. The quantitative estimate of drug-likeness (QED) is 0.185. The molecule has 0 aliphatic heterocycles. The molecule has 0 saturated heterocycles. The van der Waals surface area contributed by atoms with E-state index in [0.717, 1.165) is 6.07 Å². The van der Waals surface area contributed by atoms with Gasteiger partial charge in [0.05, 0.1) is 28.3 Å². The van der Waals surface area contributed by atoms with Gasteiger partial charge in [-0.3, -0.25) is 9.48 Å². The van der Waals surface area contributed by atoms with Crippen molar-refractivity contribution in [2.75, 3.05) is 0 Å². The Morgan fingerprint density at radius 2 is 1.72 bits per heavy atom. The lowest BCUT2D eigenvalue weighted by Gasteiger charge is -2.24. The number of nitrogens with zero attached hydrogens (tertiary/aromatic N) is 3. The number of fused-ring (bicyclic) bond motifs is 1. The number of carbonyl (C=O) groups excluding carboxylic acids is 1. The Labute approximate surface area is 271 Å². The lowest BCUT2D eigenvalue weighted by atomic mass is 9.87. The van der Waals surface area contributed by atoms with Crippen LogP contribution >= 0.6 is 11.6 Å². The highest BCUT2D eigenvalue weighted by molar-refractivity contribution is 7.88. The summed E-state index contributed by atoms with van der Waals surface area (Å²) in [5.74, 6) is 2.12. The summed E-state index contributed by atoms with van der Waals surface area (Å²) in [5, 5.41) is 20.5. The van der Waals surface area contributed by atoms with Crippen molar-refractivity contribution in [1.82, 2.24) is 14.8 Å². The van der Waals surface area contributed by atoms with E-state index in [9.17, 15) is 27.1 Å². The number of sulfonamides is 1. The number of benzene rings is 2. The standard InChI is InChI=1S/C33H35ClF2N4O5S/c1-32(2,3)45-28(41)16-20(13-19-14-21(35)17-22(36)15-19)30-24(8-7-23(38-30)11-12-33(4,5)42)25-9-10-26(34)29-27(18-46(37,43)44)39-40(6)31(25)29/h7-10,14-15,17,20,42H,13,16,18H2,1-6H3,(H2,37,43,44)/t20-/m1/s1. The van der Waals surface area contributed by atoms with E-state index in [1.807, 2.05) is 0 Å². The second-order valence-electron chi connectivity index (χ2n) is 12.6. The highest BCUT2D eigenvalue weighted by Gasteiger charge is 2.28. The minimum absolute atomic E-state index is 0.00488.